The lowest BCUT2D eigenvalue weighted by atomic mass is 10.1. The van der Waals surface area contributed by atoms with Crippen molar-refractivity contribution in [2.24, 2.45) is 5.92 Å². The SMILES string of the molecule is O=C(Cn1cc(CNC2CCCC2)nn1)N1CCOCC1C1CC1. The largest absolute Gasteiger partial charge is 0.377 e. The fraction of sp³-hybridized carbons (Fsp3) is 0.824. The number of carbonyl (C=O) groups excluding carboxylic acids is 1. The summed E-state index contributed by atoms with van der Waals surface area (Å²) in [6.07, 6.45) is 9.49. The second-order valence-electron chi connectivity index (χ2n) is 7.34. The van der Waals surface area contributed by atoms with Crippen LogP contribution in [0, 0.1) is 5.92 Å². The molecule has 4 rings (SSSR count). The maximum atomic E-state index is 12.7. The van der Waals surface area contributed by atoms with Gasteiger partial charge in [-0.15, -0.1) is 5.10 Å². The summed E-state index contributed by atoms with van der Waals surface area (Å²) in [6.45, 7) is 3.04. The minimum atomic E-state index is 0.135. The van der Waals surface area contributed by atoms with Crippen LogP contribution in [0.1, 0.15) is 44.2 Å². The second kappa shape index (κ2) is 7.19. The van der Waals surface area contributed by atoms with Gasteiger partial charge in [-0.25, -0.2) is 4.68 Å². The van der Waals surface area contributed by atoms with Crippen LogP contribution < -0.4 is 5.32 Å². The van der Waals surface area contributed by atoms with E-state index in [1.807, 2.05) is 11.1 Å². The van der Waals surface area contributed by atoms with Gasteiger partial charge in [-0.05, 0) is 31.6 Å². The number of hydrogen-bond donors (Lipinski definition) is 1. The highest BCUT2D eigenvalue weighted by atomic mass is 16.5. The first-order valence-corrected chi connectivity index (χ1v) is 9.29. The van der Waals surface area contributed by atoms with Crippen molar-refractivity contribution in [3.8, 4) is 0 Å². The number of morpholine rings is 1. The topological polar surface area (TPSA) is 72.3 Å². The highest BCUT2D eigenvalue weighted by Crippen LogP contribution is 2.36. The predicted molar refractivity (Wildman–Crippen MR) is 88.2 cm³/mol. The minimum Gasteiger partial charge on any atom is -0.377 e. The zero-order valence-corrected chi connectivity index (χ0v) is 14.2. The zero-order chi connectivity index (χ0) is 16.4. The molecule has 1 amide bonds. The Morgan fingerprint density at radius 3 is 2.92 bits per heavy atom. The lowest BCUT2D eigenvalue weighted by Crippen LogP contribution is -2.50. The van der Waals surface area contributed by atoms with Crippen LogP contribution in [0.3, 0.4) is 0 Å². The molecule has 2 aliphatic carbocycles. The molecule has 1 N–H and O–H groups in total. The smallest absolute Gasteiger partial charge is 0.244 e. The summed E-state index contributed by atoms with van der Waals surface area (Å²) in [5.74, 6) is 0.770. The van der Waals surface area contributed by atoms with E-state index in [2.05, 4.69) is 15.6 Å². The Labute approximate surface area is 142 Å². The van der Waals surface area contributed by atoms with E-state index >= 15 is 0 Å². The van der Waals surface area contributed by atoms with Crippen molar-refractivity contribution in [3.63, 3.8) is 0 Å². The Kier molecular flexibility index (Phi) is 4.80. The van der Waals surface area contributed by atoms with E-state index in [9.17, 15) is 4.79 Å². The molecule has 1 atom stereocenters. The van der Waals surface area contributed by atoms with Crippen molar-refractivity contribution in [2.45, 2.75) is 63.7 Å². The Bertz CT molecular complexity index is 565. The molecule has 0 spiro atoms. The number of amides is 1. The van der Waals surface area contributed by atoms with Gasteiger partial charge in [0.1, 0.15) is 6.54 Å². The van der Waals surface area contributed by atoms with Crippen molar-refractivity contribution in [1.29, 1.82) is 0 Å². The molecule has 0 aromatic carbocycles. The summed E-state index contributed by atoms with van der Waals surface area (Å²) in [5, 5.41) is 11.9. The van der Waals surface area contributed by atoms with Gasteiger partial charge in [-0.2, -0.15) is 0 Å². The van der Waals surface area contributed by atoms with Crippen molar-refractivity contribution in [2.75, 3.05) is 19.8 Å². The molecule has 2 heterocycles. The van der Waals surface area contributed by atoms with Gasteiger partial charge in [-0.3, -0.25) is 4.79 Å². The fourth-order valence-corrected chi connectivity index (χ4v) is 3.91. The van der Waals surface area contributed by atoms with Gasteiger partial charge in [0, 0.05) is 19.1 Å². The molecule has 1 aromatic rings. The molecule has 3 aliphatic rings. The van der Waals surface area contributed by atoms with Gasteiger partial charge in [0.25, 0.3) is 0 Å². The molecule has 1 saturated heterocycles. The number of aromatic nitrogens is 3. The third kappa shape index (κ3) is 3.78. The van der Waals surface area contributed by atoms with Gasteiger partial charge in [0.15, 0.2) is 0 Å². The Hall–Kier alpha value is -1.47. The molecule has 0 radical (unpaired) electrons. The quantitative estimate of drug-likeness (QED) is 0.839. The van der Waals surface area contributed by atoms with Crippen LogP contribution in [0.2, 0.25) is 0 Å². The standard InChI is InChI=1S/C17H27N5O2/c23-17(22-7-8-24-12-16(22)13-5-6-13)11-21-10-15(19-20-21)9-18-14-3-1-2-4-14/h10,13-14,16,18H,1-9,11-12H2. The number of ether oxygens (including phenoxy) is 1. The van der Waals surface area contributed by atoms with Crippen molar-refractivity contribution < 1.29 is 9.53 Å². The van der Waals surface area contributed by atoms with Crippen LogP contribution in [0.15, 0.2) is 6.20 Å². The molecule has 1 aromatic heterocycles. The fourth-order valence-electron chi connectivity index (χ4n) is 3.91. The molecule has 1 aliphatic heterocycles. The normalized spacial score (nSPS) is 25.3. The van der Waals surface area contributed by atoms with E-state index in [-0.39, 0.29) is 18.5 Å². The Balaban J connectivity index is 1.30. The third-order valence-electron chi connectivity index (χ3n) is 5.46. The number of nitrogens with one attached hydrogen (secondary N) is 1. The van der Waals surface area contributed by atoms with Crippen LogP contribution in [0.4, 0.5) is 0 Å². The number of rotatable bonds is 6. The number of hydrogen-bond acceptors (Lipinski definition) is 5. The van der Waals surface area contributed by atoms with Crippen LogP contribution in [0.25, 0.3) is 0 Å². The summed E-state index contributed by atoms with van der Waals surface area (Å²) < 4.78 is 7.24. The molecule has 7 heteroatoms. The molecule has 132 valence electrons. The average Bonchev–Trinajstić information content (AvgIpc) is 3.13. The first-order chi connectivity index (χ1) is 11.8. The lowest BCUT2D eigenvalue weighted by Gasteiger charge is -2.35. The summed E-state index contributed by atoms with van der Waals surface area (Å²) in [5.41, 5.74) is 0.912. The van der Waals surface area contributed by atoms with E-state index in [1.54, 1.807) is 4.68 Å². The summed E-state index contributed by atoms with van der Waals surface area (Å²) in [7, 11) is 0. The average molecular weight is 333 g/mol. The molecular weight excluding hydrogens is 306 g/mol. The molecule has 24 heavy (non-hydrogen) atoms. The summed E-state index contributed by atoms with van der Waals surface area (Å²) in [4.78, 5) is 14.7. The van der Waals surface area contributed by atoms with Gasteiger partial charge >= 0.3 is 0 Å². The van der Waals surface area contributed by atoms with Crippen molar-refractivity contribution in [1.82, 2.24) is 25.2 Å². The molecule has 2 saturated carbocycles. The first kappa shape index (κ1) is 16.0. The van der Waals surface area contributed by atoms with Crippen LogP contribution in [-0.2, 0) is 22.6 Å². The highest BCUT2D eigenvalue weighted by Gasteiger charge is 2.39. The third-order valence-corrected chi connectivity index (χ3v) is 5.46. The maximum absolute atomic E-state index is 12.7. The molecule has 1 unspecified atom stereocenters. The molecule has 3 fully saturated rings. The van der Waals surface area contributed by atoms with Crippen molar-refractivity contribution in [3.05, 3.63) is 11.9 Å². The minimum absolute atomic E-state index is 0.135. The molecular formula is C17H27N5O2. The molecule has 7 nitrogen and oxygen atoms in total. The Morgan fingerprint density at radius 2 is 2.12 bits per heavy atom. The zero-order valence-electron chi connectivity index (χ0n) is 14.2. The van der Waals surface area contributed by atoms with E-state index in [4.69, 9.17) is 4.74 Å². The van der Waals surface area contributed by atoms with Gasteiger partial charge < -0.3 is 15.0 Å². The highest BCUT2D eigenvalue weighted by molar-refractivity contribution is 5.76. The van der Waals surface area contributed by atoms with Crippen LogP contribution in [-0.4, -0.2) is 57.6 Å². The summed E-state index contributed by atoms with van der Waals surface area (Å²) in [6, 6.07) is 0.878. The monoisotopic (exact) mass is 333 g/mol. The lowest BCUT2D eigenvalue weighted by molar-refractivity contribution is -0.141. The van der Waals surface area contributed by atoms with E-state index in [1.165, 1.54) is 38.5 Å². The van der Waals surface area contributed by atoms with E-state index in [0.717, 1.165) is 12.2 Å². The van der Waals surface area contributed by atoms with Gasteiger partial charge in [0.05, 0.1) is 31.1 Å². The van der Waals surface area contributed by atoms with Crippen molar-refractivity contribution >= 4 is 5.91 Å². The second-order valence-corrected chi connectivity index (χ2v) is 7.34. The van der Waals surface area contributed by atoms with E-state index < -0.39 is 0 Å². The van der Waals surface area contributed by atoms with Gasteiger partial charge in [-0.1, -0.05) is 18.1 Å². The molecule has 0 bridgehead atoms. The predicted octanol–water partition coefficient (Wildman–Crippen LogP) is 0.948. The first-order valence-electron chi connectivity index (χ1n) is 9.29. The Morgan fingerprint density at radius 1 is 1.29 bits per heavy atom. The van der Waals surface area contributed by atoms with Gasteiger partial charge in [0.2, 0.25) is 5.91 Å². The number of nitrogens with zero attached hydrogens (tertiary/aromatic N) is 4. The van der Waals surface area contributed by atoms with Crippen LogP contribution in [0.5, 0.6) is 0 Å². The van der Waals surface area contributed by atoms with Crippen LogP contribution >= 0.6 is 0 Å². The maximum Gasteiger partial charge on any atom is 0.244 e. The summed E-state index contributed by atoms with van der Waals surface area (Å²) >= 11 is 0. The number of carbonyl (C=O) groups is 1. The van der Waals surface area contributed by atoms with E-state index in [0.29, 0.717) is 31.7 Å².